The van der Waals surface area contributed by atoms with Crippen LogP contribution in [-0.2, 0) is 9.59 Å². The number of anilines is 1. The first-order valence-electron chi connectivity index (χ1n) is 11.3. The minimum Gasteiger partial charge on any atom is -0.507 e. The van der Waals surface area contributed by atoms with E-state index in [0.717, 1.165) is 0 Å². The Bertz CT molecular complexity index is 1220. The first-order valence-corrected chi connectivity index (χ1v) is 11.3. The fourth-order valence-corrected chi connectivity index (χ4v) is 4.07. The van der Waals surface area contributed by atoms with E-state index in [2.05, 4.69) is 0 Å². The standard InChI is InChI=1S/C28H27NO5/c1-4-33-22-15-13-21(14-16-22)29-25(20-11-8-12-23(17-20)34-18(2)3)24(27(31)28(29)32)26(30)19-9-6-5-7-10-19/h5-18,25,30H,4H2,1-3H3/b26-24-. The van der Waals surface area contributed by atoms with Crippen molar-refractivity contribution in [2.45, 2.75) is 32.9 Å². The maximum Gasteiger partial charge on any atom is 0.300 e. The lowest BCUT2D eigenvalue weighted by atomic mass is 9.95. The quantitative estimate of drug-likeness (QED) is 0.288. The molecule has 0 bridgehead atoms. The van der Waals surface area contributed by atoms with Crippen LogP contribution < -0.4 is 14.4 Å². The van der Waals surface area contributed by atoms with Crippen LogP contribution in [0.15, 0.2) is 84.4 Å². The zero-order valence-corrected chi connectivity index (χ0v) is 19.4. The van der Waals surface area contributed by atoms with Gasteiger partial charge in [-0.05, 0) is 62.7 Å². The molecule has 1 atom stereocenters. The van der Waals surface area contributed by atoms with E-state index in [1.807, 2.05) is 45.0 Å². The van der Waals surface area contributed by atoms with Crippen LogP contribution in [0.5, 0.6) is 11.5 Å². The number of ketones is 1. The zero-order chi connectivity index (χ0) is 24.2. The van der Waals surface area contributed by atoms with E-state index in [0.29, 0.717) is 34.9 Å². The number of Topliss-reactive ketones (excluding diaryl/α,β-unsaturated/α-hetero) is 1. The topological polar surface area (TPSA) is 76.1 Å². The van der Waals surface area contributed by atoms with Crippen LogP contribution in [0.4, 0.5) is 5.69 Å². The molecule has 1 heterocycles. The van der Waals surface area contributed by atoms with E-state index >= 15 is 0 Å². The predicted molar refractivity (Wildman–Crippen MR) is 131 cm³/mol. The molecule has 1 N–H and O–H groups in total. The molecule has 0 saturated carbocycles. The molecule has 174 valence electrons. The van der Waals surface area contributed by atoms with Crippen molar-refractivity contribution in [1.82, 2.24) is 0 Å². The summed E-state index contributed by atoms with van der Waals surface area (Å²) in [5, 5.41) is 11.2. The number of aliphatic hydroxyl groups excluding tert-OH is 1. The summed E-state index contributed by atoms with van der Waals surface area (Å²) in [7, 11) is 0. The molecule has 1 fully saturated rings. The maximum absolute atomic E-state index is 13.3. The molecule has 34 heavy (non-hydrogen) atoms. The SMILES string of the molecule is CCOc1ccc(N2C(=O)C(=O)/C(=C(\O)c3ccccc3)C2c2cccc(OC(C)C)c2)cc1. The minimum atomic E-state index is -0.825. The molecule has 3 aromatic carbocycles. The van der Waals surface area contributed by atoms with Gasteiger partial charge in [-0.1, -0.05) is 42.5 Å². The highest BCUT2D eigenvalue weighted by Crippen LogP contribution is 2.43. The third kappa shape index (κ3) is 4.53. The van der Waals surface area contributed by atoms with Gasteiger partial charge in [-0.2, -0.15) is 0 Å². The molecule has 1 saturated heterocycles. The summed E-state index contributed by atoms with van der Waals surface area (Å²) in [4.78, 5) is 27.9. The first-order chi connectivity index (χ1) is 16.4. The molecule has 3 aromatic rings. The fourth-order valence-electron chi connectivity index (χ4n) is 4.07. The van der Waals surface area contributed by atoms with Gasteiger partial charge in [-0.3, -0.25) is 14.5 Å². The number of aliphatic hydroxyl groups is 1. The molecule has 1 unspecified atom stereocenters. The number of carbonyl (C=O) groups is 2. The Balaban J connectivity index is 1.88. The van der Waals surface area contributed by atoms with Crippen molar-refractivity contribution in [3.05, 3.63) is 95.6 Å². The maximum atomic E-state index is 13.3. The molecule has 4 rings (SSSR count). The number of hydrogen-bond acceptors (Lipinski definition) is 5. The molecule has 0 aromatic heterocycles. The largest absolute Gasteiger partial charge is 0.507 e. The van der Waals surface area contributed by atoms with Gasteiger partial charge in [0.05, 0.1) is 24.3 Å². The van der Waals surface area contributed by atoms with E-state index in [1.165, 1.54) is 4.90 Å². The van der Waals surface area contributed by atoms with Crippen LogP contribution in [-0.4, -0.2) is 29.5 Å². The molecular weight excluding hydrogens is 430 g/mol. The molecule has 1 amide bonds. The molecule has 1 aliphatic rings. The Hall–Kier alpha value is -4.06. The number of hydrogen-bond donors (Lipinski definition) is 1. The lowest BCUT2D eigenvalue weighted by Gasteiger charge is -2.26. The van der Waals surface area contributed by atoms with Crippen molar-refractivity contribution in [2.24, 2.45) is 0 Å². The van der Waals surface area contributed by atoms with Gasteiger partial charge >= 0.3 is 0 Å². The van der Waals surface area contributed by atoms with Crippen LogP contribution in [0.1, 0.15) is 37.9 Å². The van der Waals surface area contributed by atoms with Crippen molar-refractivity contribution in [2.75, 3.05) is 11.5 Å². The monoisotopic (exact) mass is 457 g/mol. The summed E-state index contributed by atoms with van der Waals surface area (Å²) in [6.45, 7) is 6.26. The van der Waals surface area contributed by atoms with Crippen LogP contribution in [0, 0.1) is 0 Å². The summed E-state index contributed by atoms with van der Waals surface area (Å²) >= 11 is 0. The van der Waals surface area contributed by atoms with Gasteiger partial charge in [0.15, 0.2) is 0 Å². The second kappa shape index (κ2) is 9.83. The van der Waals surface area contributed by atoms with Gasteiger partial charge in [0.25, 0.3) is 11.7 Å². The molecule has 6 heteroatoms. The highest BCUT2D eigenvalue weighted by atomic mass is 16.5. The Morgan fingerprint density at radius 3 is 2.29 bits per heavy atom. The molecule has 0 radical (unpaired) electrons. The summed E-state index contributed by atoms with van der Waals surface area (Å²) in [5.41, 5.74) is 1.68. The lowest BCUT2D eigenvalue weighted by Crippen LogP contribution is -2.29. The average molecular weight is 458 g/mol. The van der Waals surface area contributed by atoms with E-state index < -0.39 is 17.7 Å². The van der Waals surface area contributed by atoms with Gasteiger partial charge in [0.2, 0.25) is 0 Å². The fraction of sp³-hybridized carbons (Fsp3) is 0.214. The second-order valence-electron chi connectivity index (χ2n) is 8.20. The van der Waals surface area contributed by atoms with Gasteiger partial charge in [0, 0.05) is 11.3 Å². The molecular formula is C28H27NO5. The molecule has 6 nitrogen and oxygen atoms in total. The summed E-state index contributed by atoms with van der Waals surface area (Å²) in [6, 6.07) is 22.2. The number of nitrogens with zero attached hydrogens (tertiary/aromatic N) is 1. The summed E-state index contributed by atoms with van der Waals surface area (Å²) in [6.07, 6.45) is -0.0444. The summed E-state index contributed by atoms with van der Waals surface area (Å²) in [5.74, 6) is -0.384. The van der Waals surface area contributed by atoms with E-state index in [9.17, 15) is 14.7 Å². The Labute approximate surface area is 199 Å². The second-order valence-corrected chi connectivity index (χ2v) is 8.20. The van der Waals surface area contributed by atoms with Crippen LogP contribution in [0.2, 0.25) is 0 Å². The number of benzene rings is 3. The molecule has 0 spiro atoms. The Kier molecular flexibility index (Phi) is 6.68. The van der Waals surface area contributed by atoms with Gasteiger partial charge in [-0.15, -0.1) is 0 Å². The van der Waals surface area contributed by atoms with Crippen molar-refractivity contribution < 1.29 is 24.2 Å². The Morgan fingerprint density at radius 1 is 0.941 bits per heavy atom. The van der Waals surface area contributed by atoms with Crippen molar-refractivity contribution in [3.8, 4) is 11.5 Å². The van der Waals surface area contributed by atoms with Gasteiger partial charge < -0.3 is 14.6 Å². The normalized spacial score (nSPS) is 17.3. The zero-order valence-electron chi connectivity index (χ0n) is 19.4. The van der Waals surface area contributed by atoms with E-state index in [1.54, 1.807) is 54.6 Å². The first kappa shape index (κ1) is 23.1. The number of rotatable bonds is 7. The molecule has 0 aliphatic carbocycles. The lowest BCUT2D eigenvalue weighted by molar-refractivity contribution is -0.132. The van der Waals surface area contributed by atoms with Crippen molar-refractivity contribution in [3.63, 3.8) is 0 Å². The van der Waals surface area contributed by atoms with E-state index in [-0.39, 0.29) is 17.4 Å². The highest BCUT2D eigenvalue weighted by Gasteiger charge is 2.47. The summed E-state index contributed by atoms with van der Waals surface area (Å²) < 4.78 is 11.4. The number of amides is 1. The van der Waals surface area contributed by atoms with E-state index in [4.69, 9.17) is 9.47 Å². The smallest absolute Gasteiger partial charge is 0.300 e. The van der Waals surface area contributed by atoms with Crippen LogP contribution in [0.25, 0.3) is 5.76 Å². The van der Waals surface area contributed by atoms with Crippen molar-refractivity contribution in [1.29, 1.82) is 0 Å². The van der Waals surface area contributed by atoms with Crippen molar-refractivity contribution >= 4 is 23.1 Å². The number of carbonyl (C=O) groups excluding carboxylic acids is 2. The van der Waals surface area contributed by atoms with Gasteiger partial charge in [-0.25, -0.2) is 0 Å². The third-order valence-corrected chi connectivity index (χ3v) is 5.46. The van der Waals surface area contributed by atoms with Crippen LogP contribution in [0.3, 0.4) is 0 Å². The molecule has 1 aliphatic heterocycles. The predicted octanol–water partition coefficient (Wildman–Crippen LogP) is 5.50. The minimum absolute atomic E-state index is 0.0341. The van der Waals surface area contributed by atoms with Gasteiger partial charge in [0.1, 0.15) is 17.3 Å². The highest BCUT2D eigenvalue weighted by molar-refractivity contribution is 6.51. The third-order valence-electron chi connectivity index (χ3n) is 5.46. The van der Waals surface area contributed by atoms with Crippen LogP contribution >= 0.6 is 0 Å². The Morgan fingerprint density at radius 2 is 1.65 bits per heavy atom. The average Bonchev–Trinajstić information content (AvgIpc) is 3.10. The number of ether oxygens (including phenoxy) is 2.